The van der Waals surface area contributed by atoms with Crippen LogP contribution < -0.4 is 28.2 Å². The molecule has 0 aliphatic carbocycles. The zero-order chi connectivity index (χ0) is 25.7. The topological polar surface area (TPSA) is 218 Å². The molecule has 0 bridgehead atoms. The zero-order valence-corrected chi connectivity index (χ0v) is 20.0. The van der Waals surface area contributed by atoms with Gasteiger partial charge in [-0.1, -0.05) is 52.4 Å². The van der Waals surface area contributed by atoms with Crippen LogP contribution >= 0.6 is 11.6 Å². The van der Waals surface area contributed by atoms with Crippen LogP contribution in [-0.2, 0) is 11.2 Å². The molecule has 4 rings (SSSR count). The summed E-state index contributed by atoms with van der Waals surface area (Å²) in [6.07, 6.45) is 0.992. The summed E-state index contributed by atoms with van der Waals surface area (Å²) < 4.78 is 0. The first-order valence-electron chi connectivity index (χ1n) is 11.0. The fourth-order valence-electron chi connectivity index (χ4n) is 4.33. The number of carbonyl (C=O) groups excluding carboxylic acids is 2. The van der Waals surface area contributed by atoms with Crippen molar-refractivity contribution in [3.05, 3.63) is 46.7 Å². The fraction of sp³-hybridized carbons (Fsp3) is 0.400. The Balaban J connectivity index is 1.39. The van der Waals surface area contributed by atoms with Crippen molar-refractivity contribution in [2.75, 3.05) is 19.6 Å². The minimum atomic E-state index is -0.712. The number of nitrogens with zero attached hydrogens (tertiary/aromatic N) is 8. The second kappa shape index (κ2) is 10.9. The quantitative estimate of drug-likeness (QED) is 0.204. The van der Waals surface area contributed by atoms with Crippen LogP contribution in [0.3, 0.4) is 0 Å². The Hall–Kier alpha value is -3.79. The van der Waals surface area contributed by atoms with Gasteiger partial charge in [0.2, 0.25) is 17.5 Å². The number of piperidine rings is 1. The standard InChI is InChI=1S/C20H26ClN13O2/c21-15-17(30-32-23)26-16(29-31-22)14(25-15)18(36)27-19-28-20(11-34(19)24)6-8-33(9-7-20)13(35)10-12-4-2-1-3-5-12/h1-5,19,28H,6-11,24H2,(H,27,36)(H4,22,23,26,29,30). The molecule has 36 heavy (non-hydrogen) atoms. The van der Waals surface area contributed by atoms with Crippen molar-refractivity contribution in [3.8, 4) is 0 Å². The van der Waals surface area contributed by atoms with E-state index in [1.165, 1.54) is 5.01 Å². The minimum Gasteiger partial charge on any atom is -0.342 e. The number of likely N-dealkylation sites (tertiary alicyclic amines) is 1. The van der Waals surface area contributed by atoms with E-state index in [4.69, 9.17) is 29.1 Å². The summed E-state index contributed by atoms with van der Waals surface area (Å²) in [5.74, 6) is 15.4. The highest BCUT2D eigenvalue weighted by molar-refractivity contribution is 6.31. The Bertz CT molecular complexity index is 1170. The lowest BCUT2D eigenvalue weighted by molar-refractivity contribution is -0.132. The fourth-order valence-corrected chi connectivity index (χ4v) is 4.50. The summed E-state index contributed by atoms with van der Waals surface area (Å²) in [6.45, 7) is 1.62. The molecule has 1 aromatic heterocycles. The first-order valence-corrected chi connectivity index (χ1v) is 11.4. The molecule has 1 atom stereocenters. The molecule has 2 aliphatic heterocycles. The summed E-state index contributed by atoms with van der Waals surface area (Å²) in [5, 5.41) is 20.8. The van der Waals surface area contributed by atoms with Gasteiger partial charge in [0.05, 0.1) is 6.42 Å². The van der Waals surface area contributed by atoms with E-state index < -0.39 is 12.2 Å². The van der Waals surface area contributed by atoms with Crippen molar-refractivity contribution in [2.45, 2.75) is 31.1 Å². The number of carbonyl (C=O) groups is 2. The number of benzene rings is 1. The second-order valence-electron chi connectivity index (χ2n) is 8.46. The Labute approximate surface area is 211 Å². The van der Waals surface area contributed by atoms with Gasteiger partial charge in [-0.15, -0.1) is 10.2 Å². The molecule has 1 spiro atoms. The van der Waals surface area contributed by atoms with Crippen LogP contribution in [-0.4, -0.2) is 63.2 Å². The van der Waals surface area contributed by atoms with Crippen molar-refractivity contribution >= 4 is 35.1 Å². The average Bonchev–Trinajstić information content (AvgIpc) is 3.16. The minimum absolute atomic E-state index is 0.0816. The maximum Gasteiger partial charge on any atom is 0.276 e. The van der Waals surface area contributed by atoms with E-state index in [0.717, 1.165) is 5.56 Å². The molecule has 2 aliphatic rings. The van der Waals surface area contributed by atoms with Crippen LogP contribution in [0.4, 0.5) is 11.6 Å². The summed E-state index contributed by atoms with van der Waals surface area (Å²) in [7, 11) is 0. The van der Waals surface area contributed by atoms with E-state index in [2.05, 4.69) is 41.3 Å². The molecule has 16 heteroatoms. The van der Waals surface area contributed by atoms with Crippen molar-refractivity contribution in [2.24, 2.45) is 38.2 Å². The van der Waals surface area contributed by atoms with E-state index in [9.17, 15) is 9.59 Å². The molecule has 3 heterocycles. The molecule has 0 saturated carbocycles. The van der Waals surface area contributed by atoms with Crippen molar-refractivity contribution in [3.63, 3.8) is 0 Å². The predicted molar refractivity (Wildman–Crippen MR) is 128 cm³/mol. The highest BCUT2D eigenvalue weighted by Gasteiger charge is 2.45. The number of hydrogen-bond acceptors (Lipinski definition) is 11. The van der Waals surface area contributed by atoms with Crippen LogP contribution in [0, 0.1) is 0 Å². The second-order valence-corrected chi connectivity index (χ2v) is 8.82. The van der Waals surface area contributed by atoms with Gasteiger partial charge in [0.1, 0.15) is 6.29 Å². The Kier molecular flexibility index (Phi) is 7.64. The monoisotopic (exact) mass is 515 g/mol. The molecule has 2 saturated heterocycles. The molecule has 15 nitrogen and oxygen atoms in total. The number of nitrogens with one attached hydrogen (secondary N) is 2. The number of hydrazine groups is 1. The smallest absolute Gasteiger partial charge is 0.276 e. The van der Waals surface area contributed by atoms with Crippen LogP contribution in [0.15, 0.2) is 51.0 Å². The van der Waals surface area contributed by atoms with Crippen LogP contribution in [0.2, 0.25) is 5.15 Å². The normalized spacial score (nSPS) is 19.9. The lowest BCUT2D eigenvalue weighted by Gasteiger charge is -2.39. The van der Waals surface area contributed by atoms with Gasteiger partial charge >= 0.3 is 0 Å². The number of halogens is 1. The first-order chi connectivity index (χ1) is 17.3. The highest BCUT2D eigenvalue weighted by Crippen LogP contribution is 2.29. The van der Waals surface area contributed by atoms with Gasteiger partial charge < -0.3 is 21.9 Å². The lowest BCUT2D eigenvalue weighted by atomic mass is 9.88. The molecule has 2 amide bonds. The molecule has 2 aromatic rings. The highest BCUT2D eigenvalue weighted by atomic mass is 35.5. The Morgan fingerprint density at radius 3 is 2.44 bits per heavy atom. The molecule has 0 radical (unpaired) electrons. The van der Waals surface area contributed by atoms with Crippen LogP contribution in [0.1, 0.15) is 28.9 Å². The number of amides is 2. The third kappa shape index (κ3) is 5.54. The predicted octanol–water partition coefficient (Wildman–Crippen LogP) is 0.441. The van der Waals surface area contributed by atoms with Crippen molar-refractivity contribution < 1.29 is 9.59 Å². The van der Waals surface area contributed by atoms with Gasteiger partial charge in [0.15, 0.2) is 10.8 Å². The maximum absolute atomic E-state index is 13.0. The van der Waals surface area contributed by atoms with E-state index >= 15 is 0 Å². The SMILES string of the molecule is NN=Nc1nc(N=NN)c(C(=O)NC2NC3(CCN(C(=O)Cc4ccccc4)CC3)CN2N)nc1Cl. The van der Waals surface area contributed by atoms with Gasteiger partial charge in [-0.3, -0.25) is 20.7 Å². The van der Waals surface area contributed by atoms with Gasteiger partial charge in [0, 0.05) is 25.2 Å². The first kappa shape index (κ1) is 25.3. The number of nitrogens with two attached hydrogens (primary N) is 3. The maximum atomic E-state index is 13.0. The van der Waals surface area contributed by atoms with Gasteiger partial charge in [-0.2, -0.15) is 0 Å². The molecular formula is C20H26ClN13O2. The summed E-state index contributed by atoms with van der Waals surface area (Å²) in [5.41, 5.74) is 0.376. The summed E-state index contributed by atoms with van der Waals surface area (Å²) in [6, 6.07) is 9.64. The molecule has 8 N–H and O–H groups in total. The van der Waals surface area contributed by atoms with Gasteiger partial charge in [-0.05, 0) is 18.4 Å². The van der Waals surface area contributed by atoms with E-state index in [1.807, 2.05) is 35.2 Å². The molecule has 190 valence electrons. The third-order valence-corrected chi connectivity index (χ3v) is 6.39. The average molecular weight is 516 g/mol. The van der Waals surface area contributed by atoms with Crippen molar-refractivity contribution in [1.82, 2.24) is 30.5 Å². The van der Waals surface area contributed by atoms with Crippen LogP contribution in [0.5, 0.6) is 0 Å². The summed E-state index contributed by atoms with van der Waals surface area (Å²) >= 11 is 6.03. The number of aromatic nitrogens is 2. The zero-order valence-electron chi connectivity index (χ0n) is 19.2. The van der Waals surface area contributed by atoms with Gasteiger partial charge in [-0.25, -0.2) is 15.0 Å². The van der Waals surface area contributed by atoms with E-state index in [-0.39, 0.29) is 33.9 Å². The molecule has 2 fully saturated rings. The molecule has 1 unspecified atom stereocenters. The largest absolute Gasteiger partial charge is 0.342 e. The summed E-state index contributed by atoms with van der Waals surface area (Å²) in [4.78, 5) is 35.5. The van der Waals surface area contributed by atoms with E-state index in [0.29, 0.717) is 38.9 Å². The Morgan fingerprint density at radius 2 is 1.78 bits per heavy atom. The van der Waals surface area contributed by atoms with Crippen LogP contribution in [0.25, 0.3) is 0 Å². The number of hydrogen-bond donors (Lipinski definition) is 5. The number of rotatable bonds is 6. The third-order valence-electron chi connectivity index (χ3n) is 6.14. The van der Waals surface area contributed by atoms with Gasteiger partial charge in [0.25, 0.3) is 5.91 Å². The lowest BCUT2D eigenvalue weighted by Crippen LogP contribution is -2.57. The van der Waals surface area contributed by atoms with E-state index in [1.54, 1.807) is 0 Å². The van der Waals surface area contributed by atoms with Crippen molar-refractivity contribution in [1.29, 1.82) is 0 Å². The molecule has 1 aromatic carbocycles. The Morgan fingerprint density at radius 1 is 1.11 bits per heavy atom. The molecular weight excluding hydrogens is 490 g/mol.